The predicted octanol–water partition coefficient (Wildman–Crippen LogP) is 2.23. The van der Waals surface area contributed by atoms with Crippen LogP contribution in [0.1, 0.15) is 41.8 Å². The molecular weight excluding hydrogens is 248 g/mol. The third kappa shape index (κ3) is 2.29. The average Bonchev–Trinajstić information content (AvgIpc) is 2.84. The van der Waals surface area contributed by atoms with Gasteiger partial charge in [-0.1, -0.05) is 0 Å². The summed E-state index contributed by atoms with van der Waals surface area (Å²) in [6, 6.07) is 0. The average molecular weight is 268 g/mol. The summed E-state index contributed by atoms with van der Waals surface area (Å²) < 4.78 is 0. The van der Waals surface area contributed by atoms with Crippen molar-refractivity contribution in [2.24, 2.45) is 0 Å². The van der Waals surface area contributed by atoms with Crippen molar-refractivity contribution in [1.29, 1.82) is 0 Å². The van der Waals surface area contributed by atoms with Gasteiger partial charge in [-0.15, -0.1) is 11.3 Å². The first-order valence-corrected chi connectivity index (χ1v) is 7.03. The summed E-state index contributed by atoms with van der Waals surface area (Å²) in [7, 11) is 2.11. The smallest absolute Gasteiger partial charge is 0.316 e. The largest absolute Gasteiger partial charge is 0.481 e. The number of nitrogens with zero attached hydrogens (tertiary/aromatic N) is 2. The summed E-state index contributed by atoms with van der Waals surface area (Å²) >= 11 is 1.53. The number of aromatic nitrogens is 1. The molecule has 0 radical (unpaired) electrons. The Hall–Kier alpha value is -0.940. The maximum absolute atomic E-state index is 11.3. The summed E-state index contributed by atoms with van der Waals surface area (Å²) in [5.74, 6) is -0.351. The Balaban J connectivity index is 2.30. The number of carboxylic acid groups (broad SMARTS) is 1. The fourth-order valence-corrected chi connectivity index (χ4v) is 3.40. The van der Waals surface area contributed by atoms with E-state index in [0.29, 0.717) is 5.92 Å². The summed E-state index contributed by atoms with van der Waals surface area (Å²) in [5, 5.41) is 9.98. The summed E-state index contributed by atoms with van der Waals surface area (Å²) in [6.45, 7) is 7.61. The highest BCUT2D eigenvalue weighted by Crippen LogP contribution is 2.35. The SMILES string of the molecule is Cc1sc(C(C)(C)C(=O)O)nc1C1CCN(C)C1. The first-order valence-electron chi connectivity index (χ1n) is 6.22. The number of likely N-dealkylation sites (tertiary alicyclic amines) is 1. The second kappa shape index (κ2) is 4.63. The Bertz CT molecular complexity index is 468. The maximum Gasteiger partial charge on any atom is 0.316 e. The van der Waals surface area contributed by atoms with Crippen LogP contribution < -0.4 is 0 Å². The molecule has 1 atom stereocenters. The van der Waals surface area contributed by atoms with Gasteiger partial charge in [0.1, 0.15) is 10.4 Å². The predicted molar refractivity (Wildman–Crippen MR) is 72.4 cm³/mol. The van der Waals surface area contributed by atoms with Crippen molar-refractivity contribution in [2.45, 2.75) is 38.5 Å². The first kappa shape index (κ1) is 13.5. The molecule has 0 aromatic carbocycles. The van der Waals surface area contributed by atoms with Gasteiger partial charge in [-0.25, -0.2) is 4.98 Å². The van der Waals surface area contributed by atoms with E-state index in [4.69, 9.17) is 0 Å². The van der Waals surface area contributed by atoms with Gasteiger partial charge in [0, 0.05) is 17.3 Å². The van der Waals surface area contributed by atoms with Crippen LogP contribution in [0.4, 0.5) is 0 Å². The van der Waals surface area contributed by atoms with E-state index in [-0.39, 0.29) is 0 Å². The molecule has 1 N–H and O–H groups in total. The molecule has 5 heteroatoms. The fourth-order valence-electron chi connectivity index (χ4n) is 2.30. The lowest BCUT2D eigenvalue weighted by Gasteiger charge is -2.15. The van der Waals surface area contributed by atoms with Crippen LogP contribution >= 0.6 is 11.3 Å². The normalized spacial score (nSPS) is 21.4. The van der Waals surface area contributed by atoms with Gasteiger partial charge in [0.05, 0.1) is 5.69 Å². The zero-order valence-electron chi connectivity index (χ0n) is 11.4. The molecule has 1 saturated heterocycles. The Kier molecular flexibility index (Phi) is 3.47. The third-order valence-electron chi connectivity index (χ3n) is 3.68. The molecular formula is C13H20N2O2S. The van der Waals surface area contributed by atoms with Crippen molar-refractivity contribution in [3.63, 3.8) is 0 Å². The zero-order chi connectivity index (χ0) is 13.5. The number of hydrogen-bond donors (Lipinski definition) is 1. The van der Waals surface area contributed by atoms with E-state index in [0.717, 1.165) is 30.2 Å². The third-order valence-corrected chi connectivity index (χ3v) is 4.99. The number of carbonyl (C=O) groups is 1. The van der Waals surface area contributed by atoms with Gasteiger partial charge in [0.15, 0.2) is 0 Å². The van der Waals surface area contributed by atoms with Crippen LogP contribution in [0.5, 0.6) is 0 Å². The van der Waals surface area contributed by atoms with E-state index < -0.39 is 11.4 Å². The highest BCUT2D eigenvalue weighted by Gasteiger charge is 2.35. The molecule has 4 nitrogen and oxygen atoms in total. The first-order chi connectivity index (χ1) is 8.32. The number of carboxylic acids is 1. The molecule has 1 aliphatic rings. The minimum Gasteiger partial charge on any atom is -0.481 e. The molecule has 2 heterocycles. The van der Waals surface area contributed by atoms with Crippen molar-refractivity contribution >= 4 is 17.3 Å². The van der Waals surface area contributed by atoms with Crippen LogP contribution in [0, 0.1) is 6.92 Å². The van der Waals surface area contributed by atoms with Gasteiger partial charge >= 0.3 is 5.97 Å². The monoisotopic (exact) mass is 268 g/mol. The van der Waals surface area contributed by atoms with E-state index in [1.54, 1.807) is 13.8 Å². The lowest BCUT2D eigenvalue weighted by molar-refractivity contribution is -0.142. The van der Waals surface area contributed by atoms with E-state index >= 15 is 0 Å². The Labute approximate surface area is 112 Å². The van der Waals surface area contributed by atoms with Gasteiger partial charge in [-0.3, -0.25) is 4.79 Å². The van der Waals surface area contributed by atoms with E-state index in [1.165, 1.54) is 16.2 Å². The number of thiazole rings is 1. The molecule has 0 saturated carbocycles. The quantitative estimate of drug-likeness (QED) is 0.913. The standard InChI is InChI=1S/C13H20N2O2S/c1-8-10(9-5-6-15(4)7-9)14-11(18-8)13(2,3)12(16)17/h9H,5-7H2,1-4H3,(H,16,17). The van der Waals surface area contributed by atoms with Crippen LogP contribution in [0.15, 0.2) is 0 Å². The minimum absolute atomic E-state index is 0.463. The van der Waals surface area contributed by atoms with Gasteiger partial charge in [0.25, 0.3) is 0 Å². The Morgan fingerprint density at radius 2 is 2.22 bits per heavy atom. The van der Waals surface area contributed by atoms with Gasteiger partial charge in [-0.05, 0) is 40.8 Å². The van der Waals surface area contributed by atoms with Crippen LogP contribution in [-0.2, 0) is 10.2 Å². The number of aliphatic carboxylic acids is 1. The van der Waals surface area contributed by atoms with Crippen molar-refractivity contribution in [3.8, 4) is 0 Å². The molecule has 1 aliphatic heterocycles. The molecule has 0 bridgehead atoms. The number of likely N-dealkylation sites (N-methyl/N-ethyl adjacent to an activating group) is 1. The molecule has 1 aromatic rings. The highest BCUT2D eigenvalue weighted by atomic mass is 32.1. The lowest BCUT2D eigenvalue weighted by atomic mass is 9.95. The second-order valence-electron chi connectivity index (χ2n) is 5.64. The minimum atomic E-state index is -0.891. The summed E-state index contributed by atoms with van der Waals surface area (Å²) in [6.07, 6.45) is 1.12. The molecule has 1 fully saturated rings. The Morgan fingerprint density at radius 1 is 1.56 bits per heavy atom. The van der Waals surface area contributed by atoms with Crippen LogP contribution in [0.2, 0.25) is 0 Å². The van der Waals surface area contributed by atoms with Crippen LogP contribution in [0.25, 0.3) is 0 Å². The lowest BCUT2D eigenvalue weighted by Crippen LogP contribution is -2.28. The summed E-state index contributed by atoms with van der Waals surface area (Å²) in [5.41, 5.74) is 0.215. The van der Waals surface area contributed by atoms with Crippen molar-refractivity contribution in [3.05, 3.63) is 15.6 Å². The van der Waals surface area contributed by atoms with E-state index in [2.05, 4.69) is 16.9 Å². The van der Waals surface area contributed by atoms with Gasteiger partial charge < -0.3 is 10.0 Å². The molecule has 100 valence electrons. The molecule has 0 aliphatic carbocycles. The second-order valence-corrected chi connectivity index (χ2v) is 6.84. The van der Waals surface area contributed by atoms with Crippen molar-refractivity contribution in [1.82, 2.24) is 9.88 Å². The molecule has 0 spiro atoms. The topological polar surface area (TPSA) is 53.4 Å². The molecule has 18 heavy (non-hydrogen) atoms. The summed E-state index contributed by atoms with van der Waals surface area (Å²) in [4.78, 5) is 19.4. The van der Waals surface area contributed by atoms with E-state index in [1.807, 2.05) is 6.92 Å². The van der Waals surface area contributed by atoms with Crippen molar-refractivity contribution in [2.75, 3.05) is 20.1 Å². The van der Waals surface area contributed by atoms with Gasteiger partial charge in [-0.2, -0.15) is 0 Å². The van der Waals surface area contributed by atoms with Crippen LogP contribution in [-0.4, -0.2) is 41.1 Å². The molecule has 1 unspecified atom stereocenters. The van der Waals surface area contributed by atoms with Crippen molar-refractivity contribution < 1.29 is 9.90 Å². The number of aryl methyl sites for hydroxylation is 1. The maximum atomic E-state index is 11.3. The van der Waals surface area contributed by atoms with Gasteiger partial charge in [0.2, 0.25) is 0 Å². The molecule has 0 amide bonds. The van der Waals surface area contributed by atoms with Crippen LogP contribution in [0.3, 0.4) is 0 Å². The highest BCUT2D eigenvalue weighted by molar-refractivity contribution is 7.12. The molecule has 2 rings (SSSR count). The number of rotatable bonds is 3. The zero-order valence-corrected chi connectivity index (χ0v) is 12.2. The number of hydrogen-bond acceptors (Lipinski definition) is 4. The van der Waals surface area contributed by atoms with E-state index in [9.17, 15) is 9.90 Å². The fraction of sp³-hybridized carbons (Fsp3) is 0.692. The Morgan fingerprint density at radius 3 is 2.72 bits per heavy atom. The molecule has 1 aromatic heterocycles.